The third kappa shape index (κ3) is 5.03. The van der Waals surface area contributed by atoms with E-state index in [1.807, 2.05) is 24.3 Å². The summed E-state index contributed by atoms with van der Waals surface area (Å²) < 4.78 is 46.5. The summed E-state index contributed by atoms with van der Waals surface area (Å²) in [4.78, 5) is 6.32. The predicted molar refractivity (Wildman–Crippen MR) is 100.0 cm³/mol. The maximum Gasteiger partial charge on any atom is 0.416 e. The van der Waals surface area contributed by atoms with Crippen molar-refractivity contribution in [2.45, 2.75) is 18.7 Å². The lowest BCUT2D eigenvalue weighted by atomic mass is 10.0. The number of nitrogens with zero attached hydrogens (tertiary/aromatic N) is 4. The molecule has 9 heteroatoms. The predicted octanol–water partition coefficient (Wildman–Crippen LogP) is 2.63. The van der Waals surface area contributed by atoms with Crippen LogP contribution in [0, 0.1) is 0 Å². The van der Waals surface area contributed by atoms with Gasteiger partial charge in [-0.1, -0.05) is 12.1 Å². The molecule has 0 aliphatic carbocycles. The summed E-state index contributed by atoms with van der Waals surface area (Å²) in [6, 6.07) is 5.32. The van der Waals surface area contributed by atoms with E-state index in [4.69, 9.17) is 4.74 Å². The van der Waals surface area contributed by atoms with Crippen LogP contribution in [0.15, 0.2) is 41.7 Å². The van der Waals surface area contributed by atoms with Crippen molar-refractivity contribution in [2.24, 2.45) is 12.0 Å². The first-order valence-electron chi connectivity index (χ1n) is 9.08. The molecule has 0 bridgehead atoms. The van der Waals surface area contributed by atoms with E-state index in [0.717, 1.165) is 24.1 Å². The van der Waals surface area contributed by atoms with Crippen molar-refractivity contribution in [3.05, 3.63) is 53.3 Å². The number of alkyl halides is 3. The maximum atomic E-state index is 13.0. The number of halogens is 3. The molecule has 0 saturated carbocycles. The Labute approximate surface area is 162 Å². The van der Waals surface area contributed by atoms with E-state index in [0.29, 0.717) is 37.8 Å². The number of aliphatic imine (C=N–C) groups is 1. The lowest BCUT2D eigenvalue weighted by Crippen LogP contribution is -2.48. The number of ether oxygens (including phenoxy) is 1. The van der Waals surface area contributed by atoms with Crippen molar-refractivity contribution >= 4 is 5.96 Å². The average molecular weight is 395 g/mol. The quantitative estimate of drug-likeness (QED) is 0.639. The van der Waals surface area contributed by atoms with Gasteiger partial charge in [0.15, 0.2) is 5.96 Å². The van der Waals surface area contributed by atoms with Crippen LogP contribution in [0.3, 0.4) is 0 Å². The molecule has 0 radical (unpaired) electrons. The third-order valence-corrected chi connectivity index (χ3v) is 4.62. The first-order chi connectivity index (χ1) is 13.4. The number of morpholine rings is 1. The molecule has 1 unspecified atom stereocenters. The van der Waals surface area contributed by atoms with E-state index in [1.165, 1.54) is 6.07 Å². The first-order valence-corrected chi connectivity index (χ1v) is 9.08. The Morgan fingerprint density at radius 2 is 2.21 bits per heavy atom. The molecule has 1 atom stereocenters. The monoisotopic (exact) mass is 395 g/mol. The fourth-order valence-corrected chi connectivity index (χ4v) is 3.21. The summed E-state index contributed by atoms with van der Waals surface area (Å²) in [6.45, 7) is 2.17. The van der Waals surface area contributed by atoms with Crippen molar-refractivity contribution in [2.75, 3.05) is 33.3 Å². The van der Waals surface area contributed by atoms with E-state index < -0.39 is 17.8 Å². The summed E-state index contributed by atoms with van der Waals surface area (Å²) in [7, 11) is 3.57. The Morgan fingerprint density at radius 3 is 2.89 bits per heavy atom. The second-order valence-corrected chi connectivity index (χ2v) is 6.67. The number of aromatic nitrogens is 2. The molecule has 1 aliphatic rings. The van der Waals surface area contributed by atoms with Gasteiger partial charge in [0, 0.05) is 33.4 Å². The zero-order valence-corrected chi connectivity index (χ0v) is 15.9. The Hall–Kier alpha value is -2.55. The molecule has 0 spiro atoms. The number of hydrogen-bond donors (Lipinski definition) is 1. The van der Waals surface area contributed by atoms with E-state index >= 15 is 0 Å². The fourth-order valence-electron chi connectivity index (χ4n) is 3.21. The molecule has 6 nitrogen and oxygen atoms in total. The average Bonchev–Trinajstić information content (AvgIpc) is 3.10. The van der Waals surface area contributed by atoms with Crippen LogP contribution in [0.2, 0.25) is 0 Å². The van der Waals surface area contributed by atoms with Gasteiger partial charge >= 0.3 is 6.18 Å². The van der Waals surface area contributed by atoms with Crippen LogP contribution in [0.1, 0.15) is 22.8 Å². The molecule has 0 amide bonds. The minimum absolute atomic E-state index is 0.421. The van der Waals surface area contributed by atoms with Crippen molar-refractivity contribution in [3.8, 4) is 0 Å². The molecule has 28 heavy (non-hydrogen) atoms. The van der Waals surface area contributed by atoms with Crippen LogP contribution in [0.25, 0.3) is 0 Å². The van der Waals surface area contributed by atoms with Gasteiger partial charge in [0.05, 0.1) is 24.9 Å². The highest BCUT2D eigenvalue weighted by atomic mass is 19.4. The van der Waals surface area contributed by atoms with Crippen LogP contribution in [0.4, 0.5) is 13.2 Å². The van der Waals surface area contributed by atoms with Crippen LogP contribution >= 0.6 is 0 Å². The summed E-state index contributed by atoms with van der Waals surface area (Å²) in [5, 5.41) is 7.45. The molecule has 1 aromatic heterocycles. The first kappa shape index (κ1) is 20.2. The second-order valence-electron chi connectivity index (χ2n) is 6.67. The molecule has 152 valence electrons. The van der Waals surface area contributed by atoms with E-state index in [-0.39, 0.29) is 0 Å². The number of hydrogen-bond acceptors (Lipinski definition) is 3. The topological polar surface area (TPSA) is 54.7 Å². The zero-order chi connectivity index (χ0) is 20.1. The van der Waals surface area contributed by atoms with Gasteiger partial charge in [0.1, 0.15) is 6.10 Å². The summed E-state index contributed by atoms with van der Waals surface area (Å²) in [6.07, 6.45) is -0.221. The van der Waals surface area contributed by atoms with Gasteiger partial charge in [0.2, 0.25) is 0 Å². The maximum absolute atomic E-state index is 13.0. The molecule has 3 rings (SSSR count). The molecule has 2 heterocycles. The van der Waals surface area contributed by atoms with Gasteiger partial charge in [-0.25, -0.2) is 0 Å². The smallest absolute Gasteiger partial charge is 0.370 e. The largest absolute Gasteiger partial charge is 0.416 e. The molecule has 1 fully saturated rings. The van der Waals surface area contributed by atoms with E-state index in [1.54, 1.807) is 17.8 Å². The van der Waals surface area contributed by atoms with Crippen LogP contribution in [-0.4, -0.2) is 53.9 Å². The summed E-state index contributed by atoms with van der Waals surface area (Å²) >= 11 is 0. The highest BCUT2D eigenvalue weighted by molar-refractivity contribution is 5.80. The van der Waals surface area contributed by atoms with Crippen LogP contribution < -0.4 is 5.32 Å². The highest BCUT2D eigenvalue weighted by Crippen LogP contribution is 2.32. The van der Waals surface area contributed by atoms with Gasteiger partial charge in [-0.2, -0.15) is 18.3 Å². The molecule has 1 aliphatic heterocycles. The second kappa shape index (κ2) is 8.64. The molecule has 1 N–H and O–H groups in total. The highest BCUT2D eigenvalue weighted by Gasteiger charge is 2.32. The number of aryl methyl sites for hydroxylation is 1. The summed E-state index contributed by atoms with van der Waals surface area (Å²) in [5.41, 5.74) is 0.976. The fraction of sp³-hybridized carbons (Fsp3) is 0.474. The van der Waals surface area contributed by atoms with Crippen molar-refractivity contribution < 1.29 is 17.9 Å². The minimum atomic E-state index is -4.37. The SMILES string of the molecule is CN=C(NCCc1cnn(C)c1)N1CCOC(c2cccc(C(F)(F)F)c2)C1. The van der Waals surface area contributed by atoms with Gasteiger partial charge in [-0.05, 0) is 29.7 Å². The van der Waals surface area contributed by atoms with Crippen LogP contribution in [0.5, 0.6) is 0 Å². The molecule has 1 saturated heterocycles. The number of guanidine groups is 1. The van der Waals surface area contributed by atoms with Crippen molar-refractivity contribution in [1.82, 2.24) is 20.0 Å². The van der Waals surface area contributed by atoms with Gasteiger partial charge in [-0.15, -0.1) is 0 Å². The molecular formula is C19H24F3N5O. The lowest BCUT2D eigenvalue weighted by molar-refractivity contribution is -0.137. The van der Waals surface area contributed by atoms with Gasteiger partial charge in [-0.3, -0.25) is 9.67 Å². The normalized spacial score (nSPS) is 18.4. The summed E-state index contributed by atoms with van der Waals surface area (Å²) in [5.74, 6) is 0.712. The van der Waals surface area contributed by atoms with E-state index in [9.17, 15) is 13.2 Å². The van der Waals surface area contributed by atoms with Crippen molar-refractivity contribution in [1.29, 1.82) is 0 Å². The third-order valence-electron chi connectivity index (χ3n) is 4.62. The van der Waals surface area contributed by atoms with E-state index in [2.05, 4.69) is 15.4 Å². The van der Waals surface area contributed by atoms with Gasteiger partial charge < -0.3 is 15.0 Å². The Morgan fingerprint density at radius 1 is 1.39 bits per heavy atom. The van der Waals surface area contributed by atoms with Gasteiger partial charge in [0.25, 0.3) is 0 Å². The Bertz CT molecular complexity index is 818. The lowest BCUT2D eigenvalue weighted by Gasteiger charge is -2.35. The molecular weight excluding hydrogens is 371 g/mol. The van der Waals surface area contributed by atoms with Crippen molar-refractivity contribution in [3.63, 3.8) is 0 Å². The van der Waals surface area contributed by atoms with Crippen LogP contribution in [-0.2, 0) is 24.4 Å². The molecule has 1 aromatic carbocycles. The minimum Gasteiger partial charge on any atom is -0.370 e. The number of rotatable bonds is 4. The zero-order valence-electron chi connectivity index (χ0n) is 15.9. The number of benzene rings is 1. The number of nitrogens with one attached hydrogen (secondary N) is 1. The Kier molecular flexibility index (Phi) is 6.23. The Balaban J connectivity index is 1.61. The molecule has 2 aromatic rings. The standard InChI is InChI=1S/C19H24F3N5O/c1-23-18(24-7-6-14-11-25-26(2)12-14)27-8-9-28-17(13-27)15-4-3-5-16(10-15)19(20,21)22/h3-5,10-12,17H,6-9,13H2,1-2H3,(H,23,24).